The summed E-state index contributed by atoms with van der Waals surface area (Å²) in [5.74, 6) is 0.597. The van der Waals surface area contributed by atoms with E-state index in [1.807, 2.05) is 18.2 Å². The standard InChI is InChI=1S/C20H22IN5O4/c21-12-3-1-2-11(6-12)7-22-18-15-19(24-9-23-18)26(10-25-15)20-17(28)16(27)14(30-20)8-29-13-4-5-13/h1-3,6,9-10,13-14,16-17,20,27-28H,4-5,7-8H2,(H,22,23,24)/t14-,16-,17-,20-/m1/s1. The van der Waals surface area contributed by atoms with Gasteiger partial charge in [-0.15, -0.1) is 0 Å². The van der Waals surface area contributed by atoms with Crippen molar-refractivity contribution in [3.63, 3.8) is 0 Å². The number of nitrogens with one attached hydrogen (secondary N) is 1. The molecular formula is C20H22IN5O4. The van der Waals surface area contributed by atoms with Crippen LogP contribution in [0.5, 0.6) is 0 Å². The second-order valence-electron chi connectivity index (χ2n) is 7.61. The number of halogens is 1. The molecule has 158 valence electrons. The van der Waals surface area contributed by atoms with E-state index in [0.29, 0.717) is 23.5 Å². The van der Waals surface area contributed by atoms with E-state index in [1.165, 1.54) is 6.33 Å². The Kier molecular flexibility index (Phi) is 5.58. The molecule has 9 nitrogen and oxygen atoms in total. The van der Waals surface area contributed by atoms with Gasteiger partial charge in [-0.1, -0.05) is 12.1 Å². The first-order valence-electron chi connectivity index (χ1n) is 9.89. The zero-order valence-corrected chi connectivity index (χ0v) is 18.2. The molecule has 1 saturated heterocycles. The highest BCUT2D eigenvalue weighted by atomic mass is 127. The number of ether oxygens (including phenoxy) is 2. The normalized spacial score (nSPS) is 26.4. The van der Waals surface area contributed by atoms with Gasteiger partial charge in [0.2, 0.25) is 0 Å². The molecule has 2 aliphatic rings. The number of rotatable bonds is 7. The summed E-state index contributed by atoms with van der Waals surface area (Å²) in [5.41, 5.74) is 2.23. The van der Waals surface area contributed by atoms with Crippen molar-refractivity contribution >= 4 is 39.6 Å². The predicted octanol–water partition coefficient (Wildman–Crippen LogP) is 1.84. The summed E-state index contributed by atoms with van der Waals surface area (Å²) in [7, 11) is 0. The molecule has 0 unspecified atom stereocenters. The predicted molar refractivity (Wildman–Crippen MR) is 117 cm³/mol. The van der Waals surface area contributed by atoms with Gasteiger partial charge in [0.1, 0.15) is 24.6 Å². The summed E-state index contributed by atoms with van der Waals surface area (Å²) in [6, 6.07) is 8.19. The summed E-state index contributed by atoms with van der Waals surface area (Å²) in [4.78, 5) is 13.1. The van der Waals surface area contributed by atoms with Crippen molar-refractivity contribution < 1.29 is 19.7 Å². The Morgan fingerprint density at radius 3 is 2.87 bits per heavy atom. The molecule has 3 N–H and O–H groups in total. The summed E-state index contributed by atoms with van der Waals surface area (Å²) in [5, 5.41) is 24.2. The smallest absolute Gasteiger partial charge is 0.167 e. The second-order valence-corrected chi connectivity index (χ2v) is 8.85. The number of aliphatic hydroxyl groups is 2. The van der Waals surface area contributed by atoms with Crippen molar-refractivity contribution in [3.05, 3.63) is 46.1 Å². The molecule has 0 spiro atoms. The quantitative estimate of drug-likeness (QED) is 0.402. The van der Waals surface area contributed by atoms with E-state index < -0.39 is 24.5 Å². The third kappa shape index (κ3) is 4.02. The third-order valence-electron chi connectivity index (χ3n) is 5.34. The van der Waals surface area contributed by atoms with Gasteiger partial charge in [0, 0.05) is 10.1 Å². The van der Waals surface area contributed by atoms with Crippen molar-refractivity contribution in [1.82, 2.24) is 19.5 Å². The molecule has 5 rings (SSSR count). The minimum Gasteiger partial charge on any atom is -0.387 e. The Hall–Kier alpha value is -1.86. The number of fused-ring (bicyclic) bond motifs is 1. The minimum absolute atomic E-state index is 0.250. The fraction of sp³-hybridized carbons (Fsp3) is 0.450. The number of anilines is 1. The lowest BCUT2D eigenvalue weighted by molar-refractivity contribution is -0.0682. The van der Waals surface area contributed by atoms with E-state index in [4.69, 9.17) is 9.47 Å². The summed E-state index contributed by atoms with van der Waals surface area (Å²) in [6.45, 7) is 0.849. The van der Waals surface area contributed by atoms with Crippen LogP contribution in [0.2, 0.25) is 0 Å². The monoisotopic (exact) mass is 523 g/mol. The van der Waals surface area contributed by atoms with E-state index in [2.05, 4.69) is 48.9 Å². The second kappa shape index (κ2) is 8.35. The zero-order valence-electron chi connectivity index (χ0n) is 16.1. The molecule has 3 aromatic rings. The maximum absolute atomic E-state index is 10.5. The van der Waals surface area contributed by atoms with Crippen LogP contribution in [0.15, 0.2) is 36.9 Å². The topological polar surface area (TPSA) is 115 Å². The average molecular weight is 523 g/mol. The molecule has 30 heavy (non-hydrogen) atoms. The van der Waals surface area contributed by atoms with Gasteiger partial charge < -0.3 is 25.0 Å². The zero-order chi connectivity index (χ0) is 20.7. The van der Waals surface area contributed by atoms with Crippen LogP contribution in [-0.4, -0.2) is 60.8 Å². The molecule has 2 aromatic heterocycles. The first-order chi connectivity index (χ1) is 14.6. The molecule has 0 radical (unpaired) electrons. The number of aliphatic hydroxyl groups excluding tert-OH is 2. The molecule has 2 fully saturated rings. The maximum Gasteiger partial charge on any atom is 0.167 e. The molecule has 10 heteroatoms. The third-order valence-corrected chi connectivity index (χ3v) is 6.01. The van der Waals surface area contributed by atoms with Gasteiger partial charge in [0.05, 0.1) is 19.0 Å². The van der Waals surface area contributed by atoms with Crippen LogP contribution in [0.1, 0.15) is 24.6 Å². The Morgan fingerprint density at radius 2 is 2.07 bits per heavy atom. The molecule has 0 bridgehead atoms. The lowest BCUT2D eigenvalue weighted by atomic mass is 10.1. The van der Waals surface area contributed by atoms with Crippen molar-refractivity contribution in [2.45, 2.75) is 50.0 Å². The van der Waals surface area contributed by atoms with E-state index in [9.17, 15) is 10.2 Å². The fourth-order valence-electron chi connectivity index (χ4n) is 3.56. The first kappa shape index (κ1) is 20.1. The summed E-state index contributed by atoms with van der Waals surface area (Å²) in [6.07, 6.45) is 1.80. The van der Waals surface area contributed by atoms with Crippen molar-refractivity contribution in [2.75, 3.05) is 11.9 Å². The van der Waals surface area contributed by atoms with Crippen LogP contribution < -0.4 is 5.32 Å². The Labute approximate surface area is 186 Å². The minimum atomic E-state index is -1.10. The van der Waals surface area contributed by atoms with Gasteiger partial charge in [0.15, 0.2) is 23.2 Å². The SMILES string of the molecule is O[C@@H]1[C@H](O)[C@@H](COC2CC2)O[C@H]1n1cnc2c(NCc3cccc(I)c3)ncnc21. The van der Waals surface area contributed by atoms with Crippen molar-refractivity contribution in [3.8, 4) is 0 Å². The lowest BCUT2D eigenvalue weighted by Crippen LogP contribution is -2.34. The molecule has 4 atom stereocenters. The van der Waals surface area contributed by atoms with Crippen LogP contribution in [0, 0.1) is 3.57 Å². The summed E-state index contributed by atoms with van der Waals surface area (Å²) >= 11 is 2.28. The highest BCUT2D eigenvalue weighted by Gasteiger charge is 2.45. The Balaban J connectivity index is 1.35. The molecule has 1 aromatic carbocycles. The van der Waals surface area contributed by atoms with E-state index in [-0.39, 0.29) is 12.7 Å². The van der Waals surface area contributed by atoms with E-state index >= 15 is 0 Å². The number of hydrogen-bond acceptors (Lipinski definition) is 8. The van der Waals surface area contributed by atoms with Crippen LogP contribution in [0.25, 0.3) is 11.2 Å². The van der Waals surface area contributed by atoms with Gasteiger partial charge >= 0.3 is 0 Å². The van der Waals surface area contributed by atoms with Gasteiger partial charge in [-0.05, 0) is 53.1 Å². The van der Waals surface area contributed by atoms with Crippen molar-refractivity contribution in [1.29, 1.82) is 0 Å². The van der Waals surface area contributed by atoms with Crippen LogP contribution in [0.4, 0.5) is 5.82 Å². The number of benzene rings is 1. The first-order valence-corrected chi connectivity index (χ1v) is 11.0. The van der Waals surface area contributed by atoms with Gasteiger partial charge in [0.25, 0.3) is 0 Å². The average Bonchev–Trinajstić information content (AvgIpc) is 3.41. The maximum atomic E-state index is 10.5. The number of hydrogen-bond donors (Lipinski definition) is 3. The van der Waals surface area contributed by atoms with E-state index in [1.54, 1.807) is 10.9 Å². The largest absolute Gasteiger partial charge is 0.387 e. The Bertz CT molecular complexity index is 1040. The van der Waals surface area contributed by atoms with Crippen LogP contribution in [-0.2, 0) is 16.0 Å². The van der Waals surface area contributed by atoms with Gasteiger partial charge in [-0.25, -0.2) is 15.0 Å². The van der Waals surface area contributed by atoms with Crippen molar-refractivity contribution in [2.24, 2.45) is 0 Å². The molecule has 3 heterocycles. The number of aromatic nitrogens is 4. The lowest BCUT2D eigenvalue weighted by Gasteiger charge is -2.16. The Morgan fingerprint density at radius 1 is 1.20 bits per heavy atom. The molecule has 1 aliphatic carbocycles. The number of nitrogens with zero attached hydrogens (tertiary/aromatic N) is 4. The van der Waals surface area contributed by atoms with Crippen LogP contribution in [0.3, 0.4) is 0 Å². The fourth-order valence-corrected chi connectivity index (χ4v) is 4.17. The number of imidazole rings is 1. The highest BCUT2D eigenvalue weighted by molar-refractivity contribution is 14.1. The van der Waals surface area contributed by atoms with E-state index in [0.717, 1.165) is 22.0 Å². The summed E-state index contributed by atoms with van der Waals surface area (Å²) < 4.78 is 14.4. The van der Waals surface area contributed by atoms with Crippen LogP contribution >= 0.6 is 22.6 Å². The highest BCUT2D eigenvalue weighted by Crippen LogP contribution is 2.33. The molecule has 1 aliphatic heterocycles. The van der Waals surface area contributed by atoms with Gasteiger partial charge in [-0.2, -0.15) is 0 Å². The van der Waals surface area contributed by atoms with Gasteiger partial charge in [-0.3, -0.25) is 4.57 Å². The molecule has 0 amide bonds. The molecular weight excluding hydrogens is 501 g/mol. The molecule has 1 saturated carbocycles.